The van der Waals surface area contributed by atoms with Crippen molar-refractivity contribution in [2.75, 3.05) is 0 Å². The molecule has 0 bridgehead atoms. The first-order valence-electron chi connectivity index (χ1n) is 11.8. The minimum atomic E-state index is -0.878. The van der Waals surface area contributed by atoms with Crippen LogP contribution in [0.25, 0.3) is 0 Å². The van der Waals surface area contributed by atoms with Gasteiger partial charge in [-0.2, -0.15) is 0 Å². The van der Waals surface area contributed by atoms with Crippen LogP contribution in [0.5, 0.6) is 0 Å². The van der Waals surface area contributed by atoms with Crippen LogP contribution in [0.15, 0.2) is 109 Å². The average molecular weight is 513 g/mol. The van der Waals surface area contributed by atoms with Crippen LogP contribution in [-0.2, 0) is 22.3 Å². The van der Waals surface area contributed by atoms with Crippen LogP contribution in [-0.4, -0.2) is 16.0 Å². The summed E-state index contributed by atoms with van der Waals surface area (Å²) in [4.78, 5) is 34.1. The third-order valence-electron chi connectivity index (χ3n) is 5.96. The van der Waals surface area contributed by atoms with Gasteiger partial charge < -0.3 is 9.47 Å². The van der Waals surface area contributed by atoms with Crippen LogP contribution in [0.2, 0.25) is 0 Å². The predicted octanol–water partition coefficient (Wildman–Crippen LogP) is 6.92. The van der Waals surface area contributed by atoms with Crippen molar-refractivity contribution < 1.29 is 24.1 Å². The van der Waals surface area contributed by atoms with E-state index in [9.17, 15) is 25.0 Å². The Morgan fingerprint density at radius 1 is 0.579 bits per heavy atom. The first-order valence-corrected chi connectivity index (χ1v) is 11.8. The molecule has 4 rings (SSSR count). The summed E-state index contributed by atoms with van der Waals surface area (Å²) in [7, 11) is 0. The van der Waals surface area contributed by atoms with Gasteiger partial charge in [0, 0.05) is 37.1 Å². The van der Waals surface area contributed by atoms with Gasteiger partial charge in [0.05, 0.1) is 9.85 Å². The molecule has 0 N–H and O–H groups in total. The Balaban J connectivity index is 1.52. The van der Waals surface area contributed by atoms with E-state index in [1.807, 2.05) is 60.7 Å². The largest absolute Gasteiger partial charge is 0.509 e. The second-order valence-corrected chi connectivity index (χ2v) is 8.54. The lowest BCUT2D eigenvalue weighted by Gasteiger charge is -2.22. The first-order chi connectivity index (χ1) is 18.4. The molecule has 2 atom stereocenters. The van der Waals surface area contributed by atoms with Gasteiger partial charge in [-0.1, -0.05) is 84.9 Å². The number of hydrogen-bond acceptors (Lipinski definition) is 7. The minimum Gasteiger partial charge on any atom is -0.426 e. The second kappa shape index (κ2) is 12.3. The number of nitrogens with zero attached hydrogens (tertiary/aromatic N) is 2. The number of carbonyl (C=O) groups is 1. The van der Waals surface area contributed by atoms with E-state index in [0.29, 0.717) is 0 Å². The fourth-order valence-corrected chi connectivity index (χ4v) is 3.99. The molecule has 0 amide bonds. The Hall–Kier alpha value is -5.05. The van der Waals surface area contributed by atoms with Crippen molar-refractivity contribution in [3.63, 3.8) is 0 Å². The van der Waals surface area contributed by atoms with Gasteiger partial charge in [-0.15, -0.1) is 0 Å². The molecule has 192 valence electrons. The molecule has 9 nitrogen and oxygen atoms in total. The summed E-state index contributed by atoms with van der Waals surface area (Å²) in [5, 5.41) is 22.0. The number of ether oxygens (including phenoxy) is 2. The highest BCUT2D eigenvalue weighted by molar-refractivity contribution is 5.61. The minimum absolute atomic E-state index is 0.0257. The molecule has 0 aromatic heterocycles. The average Bonchev–Trinajstić information content (AvgIpc) is 2.94. The van der Waals surface area contributed by atoms with Crippen molar-refractivity contribution in [3.05, 3.63) is 152 Å². The second-order valence-electron chi connectivity index (χ2n) is 8.54. The first kappa shape index (κ1) is 26.0. The number of non-ortho nitro benzene ring substituents is 2. The molecule has 4 aromatic rings. The van der Waals surface area contributed by atoms with E-state index in [-0.39, 0.29) is 24.2 Å². The Labute approximate surface area is 218 Å². The zero-order chi connectivity index (χ0) is 26.9. The van der Waals surface area contributed by atoms with Crippen LogP contribution < -0.4 is 0 Å². The molecule has 4 aromatic carbocycles. The van der Waals surface area contributed by atoms with E-state index in [0.717, 1.165) is 22.3 Å². The van der Waals surface area contributed by atoms with Crippen LogP contribution >= 0.6 is 0 Å². The van der Waals surface area contributed by atoms with Crippen molar-refractivity contribution in [2.24, 2.45) is 0 Å². The lowest BCUT2D eigenvalue weighted by atomic mass is 10.0. The van der Waals surface area contributed by atoms with E-state index in [4.69, 9.17) is 9.47 Å². The Morgan fingerprint density at radius 2 is 0.921 bits per heavy atom. The van der Waals surface area contributed by atoms with E-state index in [1.165, 1.54) is 24.3 Å². The number of benzene rings is 4. The summed E-state index contributed by atoms with van der Waals surface area (Å²) < 4.78 is 11.5. The zero-order valence-corrected chi connectivity index (χ0v) is 20.2. The molecule has 0 aliphatic carbocycles. The highest BCUT2D eigenvalue weighted by Crippen LogP contribution is 2.28. The Kier molecular flexibility index (Phi) is 8.40. The molecule has 0 saturated carbocycles. The van der Waals surface area contributed by atoms with Crippen LogP contribution in [0.3, 0.4) is 0 Å². The highest BCUT2D eigenvalue weighted by Gasteiger charge is 2.24. The van der Waals surface area contributed by atoms with Crippen molar-refractivity contribution in [1.82, 2.24) is 0 Å². The van der Waals surface area contributed by atoms with Crippen molar-refractivity contribution in [2.45, 2.75) is 25.0 Å². The van der Waals surface area contributed by atoms with E-state index in [1.54, 1.807) is 24.3 Å². The predicted molar refractivity (Wildman–Crippen MR) is 140 cm³/mol. The van der Waals surface area contributed by atoms with Gasteiger partial charge in [0.2, 0.25) is 0 Å². The van der Waals surface area contributed by atoms with E-state index < -0.39 is 28.2 Å². The third-order valence-corrected chi connectivity index (χ3v) is 5.96. The summed E-state index contributed by atoms with van der Waals surface area (Å²) in [5.74, 6) is 0. The lowest BCUT2D eigenvalue weighted by molar-refractivity contribution is -0.385. The van der Waals surface area contributed by atoms with Gasteiger partial charge in [0.1, 0.15) is 12.2 Å². The van der Waals surface area contributed by atoms with Crippen molar-refractivity contribution in [3.8, 4) is 0 Å². The van der Waals surface area contributed by atoms with Crippen molar-refractivity contribution in [1.29, 1.82) is 0 Å². The lowest BCUT2D eigenvalue weighted by Crippen LogP contribution is -2.19. The Bertz CT molecular complexity index is 1270. The number of rotatable bonds is 10. The molecule has 9 heteroatoms. The third kappa shape index (κ3) is 7.01. The van der Waals surface area contributed by atoms with Crippen LogP contribution in [0.4, 0.5) is 16.2 Å². The maximum Gasteiger partial charge on any atom is 0.509 e. The van der Waals surface area contributed by atoms with Gasteiger partial charge >= 0.3 is 6.16 Å². The molecule has 0 unspecified atom stereocenters. The number of hydrogen-bond donors (Lipinski definition) is 0. The van der Waals surface area contributed by atoms with E-state index >= 15 is 0 Å². The summed E-state index contributed by atoms with van der Waals surface area (Å²) >= 11 is 0. The molecular formula is C29H24N2O7. The SMILES string of the molecule is O=C(O[C@@H](Cc1ccc([N+](=O)[O-])cc1)c1ccccc1)O[C@@H](Cc1ccc([N+](=O)[O-])cc1)c1ccccc1. The van der Waals surface area contributed by atoms with Gasteiger partial charge in [0.15, 0.2) is 0 Å². The number of carbonyl (C=O) groups excluding carboxylic acids is 1. The quantitative estimate of drug-likeness (QED) is 0.128. The van der Waals surface area contributed by atoms with Crippen molar-refractivity contribution >= 4 is 17.5 Å². The monoisotopic (exact) mass is 512 g/mol. The molecule has 0 heterocycles. The van der Waals surface area contributed by atoms with Gasteiger partial charge in [0.25, 0.3) is 11.4 Å². The molecule has 0 aliphatic heterocycles. The smallest absolute Gasteiger partial charge is 0.426 e. The summed E-state index contributed by atoms with van der Waals surface area (Å²) in [6, 6.07) is 30.5. The van der Waals surface area contributed by atoms with Gasteiger partial charge in [-0.05, 0) is 22.3 Å². The van der Waals surface area contributed by atoms with Gasteiger partial charge in [-0.25, -0.2) is 4.79 Å². The fourth-order valence-electron chi connectivity index (χ4n) is 3.99. The topological polar surface area (TPSA) is 122 Å². The summed E-state index contributed by atoms with van der Waals surface area (Å²) in [6.45, 7) is 0. The zero-order valence-electron chi connectivity index (χ0n) is 20.2. The molecular weight excluding hydrogens is 488 g/mol. The molecule has 0 spiro atoms. The number of nitro benzene ring substituents is 2. The summed E-state index contributed by atoms with van der Waals surface area (Å²) in [6.07, 6.45) is -1.69. The van der Waals surface area contributed by atoms with Gasteiger partial charge in [-0.3, -0.25) is 20.2 Å². The molecule has 0 aliphatic rings. The standard InChI is InChI=1S/C29H24N2O7/c32-29(37-27(23-7-3-1-4-8-23)19-21-11-15-25(16-12-21)30(33)34)38-28(24-9-5-2-6-10-24)20-22-13-17-26(18-14-22)31(35)36/h1-18,27-28H,19-20H2/t27-,28-/m0/s1. The maximum absolute atomic E-state index is 13.1. The fraction of sp³-hybridized carbons (Fsp3) is 0.138. The maximum atomic E-state index is 13.1. The molecule has 38 heavy (non-hydrogen) atoms. The molecule has 0 saturated heterocycles. The van der Waals surface area contributed by atoms with Crippen LogP contribution in [0.1, 0.15) is 34.5 Å². The molecule has 0 fully saturated rings. The molecule has 0 radical (unpaired) electrons. The summed E-state index contributed by atoms with van der Waals surface area (Å²) in [5.41, 5.74) is 2.94. The number of nitro groups is 2. The Morgan fingerprint density at radius 3 is 1.24 bits per heavy atom. The van der Waals surface area contributed by atoms with E-state index in [2.05, 4.69) is 0 Å². The van der Waals surface area contributed by atoms with Crippen LogP contribution in [0, 0.1) is 20.2 Å². The highest BCUT2D eigenvalue weighted by atomic mass is 16.7. The normalized spacial score (nSPS) is 12.2.